The fourth-order valence-corrected chi connectivity index (χ4v) is 2.39. The Morgan fingerprint density at radius 3 is 2.59 bits per heavy atom. The SMILES string of the molecule is COC(=O)c1ccc(Nc2ncc(C)c(Nc3cccn(C)c3=O)n2)cc1. The first-order valence-electron chi connectivity index (χ1n) is 8.19. The van der Waals surface area contributed by atoms with Crippen LogP contribution < -0.4 is 16.2 Å². The Morgan fingerprint density at radius 2 is 1.89 bits per heavy atom. The molecule has 0 saturated heterocycles. The van der Waals surface area contributed by atoms with Crippen LogP contribution in [0.25, 0.3) is 0 Å². The number of methoxy groups -OCH3 is 1. The first-order chi connectivity index (χ1) is 13.0. The normalized spacial score (nSPS) is 10.3. The van der Waals surface area contributed by atoms with Crippen molar-refractivity contribution in [2.45, 2.75) is 6.92 Å². The molecule has 0 spiro atoms. The van der Waals surface area contributed by atoms with E-state index in [1.165, 1.54) is 11.7 Å². The zero-order valence-electron chi connectivity index (χ0n) is 15.2. The summed E-state index contributed by atoms with van der Waals surface area (Å²) in [6.45, 7) is 1.85. The smallest absolute Gasteiger partial charge is 0.337 e. The van der Waals surface area contributed by atoms with Gasteiger partial charge in [0.25, 0.3) is 5.56 Å². The summed E-state index contributed by atoms with van der Waals surface area (Å²) in [5.41, 5.74) is 2.24. The summed E-state index contributed by atoms with van der Waals surface area (Å²) in [5, 5.41) is 6.12. The van der Waals surface area contributed by atoms with Gasteiger partial charge in [-0.05, 0) is 43.3 Å². The number of anilines is 4. The maximum Gasteiger partial charge on any atom is 0.337 e. The second-order valence-electron chi connectivity index (χ2n) is 5.88. The topological polar surface area (TPSA) is 98.1 Å². The summed E-state index contributed by atoms with van der Waals surface area (Å²) in [6, 6.07) is 10.2. The third-order valence-electron chi connectivity index (χ3n) is 3.91. The molecule has 0 aliphatic heterocycles. The number of carbonyl (C=O) groups is 1. The van der Waals surface area contributed by atoms with E-state index in [0.29, 0.717) is 28.7 Å². The third kappa shape index (κ3) is 4.12. The van der Waals surface area contributed by atoms with E-state index in [2.05, 4.69) is 25.3 Å². The Balaban J connectivity index is 1.82. The van der Waals surface area contributed by atoms with Crippen molar-refractivity contribution >= 4 is 29.1 Å². The molecule has 0 bridgehead atoms. The third-order valence-corrected chi connectivity index (χ3v) is 3.91. The van der Waals surface area contributed by atoms with E-state index < -0.39 is 5.97 Å². The van der Waals surface area contributed by atoms with Gasteiger partial charge >= 0.3 is 5.97 Å². The van der Waals surface area contributed by atoms with Crippen LogP contribution in [-0.2, 0) is 11.8 Å². The van der Waals surface area contributed by atoms with Crippen LogP contribution in [0.15, 0.2) is 53.6 Å². The van der Waals surface area contributed by atoms with Gasteiger partial charge in [0.2, 0.25) is 5.95 Å². The molecule has 0 atom stereocenters. The van der Waals surface area contributed by atoms with Gasteiger partial charge in [0, 0.05) is 30.7 Å². The summed E-state index contributed by atoms with van der Waals surface area (Å²) < 4.78 is 6.17. The number of ether oxygens (including phenoxy) is 1. The van der Waals surface area contributed by atoms with Gasteiger partial charge in [0.15, 0.2) is 0 Å². The number of carbonyl (C=O) groups excluding carboxylic acids is 1. The molecular weight excluding hydrogens is 346 g/mol. The van der Waals surface area contributed by atoms with Gasteiger partial charge in [-0.2, -0.15) is 4.98 Å². The van der Waals surface area contributed by atoms with Gasteiger partial charge in [-0.1, -0.05) is 0 Å². The van der Waals surface area contributed by atoms with E-state index >= 15 is 0 Å². The minimum atomic E-state index is -0.399. The molecule has 0 amide bonds. The molecule has 0 aliphatic carbocycles. The van der Waals surface area contributed by atoms with Crippen LogP contribution in [0.1, 0.15) is 15.9 Å². The van der Waals surface area contributed by atoms with E-state index in [1.807, 2.05) is 6.92 Å². The lowest BCUT2D eigenvalue weighted by molar-refractivity contribution is 0.0601. The second-order valence-corrected chi connectivity index (χ2v) is 5.88. The summed E-state index contributed by atoms with van der Waals surface area (Å²) >= 11 is 0. The maximum atomic E-state index is 12.2. The fraction of sp³-hybridized carbons (Fsp3) is 0.158. The van der Waals surface area contributed by atoms with Crippen molar-refractivity contribution in [2.75, 3.05) is 17.7 Å². The van der Waals surface area contributed by atoms with E-state index in [4.69, 9.17) is 0 Å². The lowest BCUT2D eigenvalue weighted by atomic mass is 10.2. The van der Waals surface area contributed by atoms with Crippen LogP contribution in [-0.4, -0.2) is 27.6 Å². The maximum absolute atomic E-state index is 12.2. The van der Waals surface area contributed by atoms with Crippen molar-refractivity contribution in [3.8, 4) is 0 Å². The molecule has 3 rings (SSSR count). The van der Waals surface area contributed by atoms with Crippen LogP contribution in [0, 0.1) is 6.92 Å². The number of nitrogens with zero attached hydrogens (tertiary/aromatic N) is 3. The minimum Gasteiger partial charge on any atom is -0.465 e. The number of aryl methyl sites for hydroxylation is 2. The molecule has 138 valence electrons. The number of nitrogens with one attached hydrogen (secondary N) is 2. The van der Waals surface area contributed by atoms with Crippen molar-refractivity contribution in [1.29, 1.82) is 0 Å². The van der Waals surface area contributed by atoms with Crippen LogP contribution in [0.2, 0.25) is 0 Å². The van der Waals surface area contributed by atoms with Gasteiger partial charge < -0.3 is 19.9 Å². The summed E-state index contributed by atoms with van der Waals surface area (Å²) in [4.78, 5) is 32.3. The number of aromatic nitrogens is 3. The lowest BCUT2D eigenvalue weighted by Gasteiger charge is -2.11. The predicted molar refractivity (Wildman–Crippen MR) is 103 cm³/mol. The molecule has 0 fully saturated rings. The highest BCUT2D eigenvalue weighted by molar-refractivity contribution is 5.89. The van der Waals surface area contributed by atoms with Crippen molar-refractivity contribution < 1.29 is 9.53 Å². The Bertz CT molecular complexity index is 1030. The molecule has 2 N–H and O–H groups in total. The summed E-state index contributed by atoms with van der Waals surface area (Å²) in [7, 11) is 3.02. The highest BCUT2D eigenvalue weighted by Gasteiger charge is 2.09. The zero-order chi connectivity index (χ0) is 19.4. The van der Waals surface area contributed by atoms with Gasteiger partial charge in [0.1, 0.15) is 11.5 Å². The number of benzene rings is 1. The summed E-state index contributed by atoms with van der Waals surface area (Å²) in [6.07, 6.45) is 3.35. The molecule has 27 heavy (non-hydrogen) atoms. The van der Waals surface area contributed by atoms with Crippen molar-refractivity contribution in [1.82, 2.24) is 14.5 Å². The molecule has 0 unspecified atom stereocenters. The van der Waals surface area contributed by atoms with Gasteiger partial charge in [-0.3, -0.25) is 4.79 Å². The molecule has 2 heterocycles. The molecule has 0 saturated carbocycles. The molecule has 0 aliphatic rings. The van der Waals surface area contributed by atoms with E-state index in [1.54, 1.807) is 55.8 Å². The lowest BCUT2D eigenvalue weighted by Crippen LogP contribution is -2.19. The van der Waals surface area contributed by atoms with Crippen LogP contribution in [0.5, 0.6) is 0 Å². The molecule has 8 nitrogen and oxygen atoms in total. The van der Waals surface area contributed by atoms with E-state index in [9.17, 15) is 9.59 Å². The van der Waals surface area contributed by atoms with Crippen molar-refractivity contribution in [3.05, 3.63) is 70.3 Å². The van der Waals surface area contributed by atoms with Crippen LogP contribution >= 0.6 is 0 Å². The molecule has 0 radical (unpaired) electrons. The van der Waals surface area contributed by atoms with Crippen LogP contribution in [0.4, 0.5) is 23.1 Å². The first-order valence-corrected chi connectivity index (χ1v) is 8.19. The molecule has 3 aromatic rings. The second kappa shape index (κ2) is 7.69. The number of esters is 1. The van der Waals surface area contributed by atoms with Gasteiger partial charge in [0.05, 0.1) is 12.7 Å². The number of hydrogen-bond acceptors (Lipinski definition) is 7. The fourth-order valence-electron chi connectivity index (χ4n) is 2.39. The Kier molecular flexibility index (Phi) is 5.16. The summed E-state index contributed by atoms with van der Waals surface area (Å²) in [5.74, 6) is 0.493. The number of hydrogen-bond donors (Lipinski definition) is 2. The van der Waals surface area contributed by atoms with Crippen LogP contribution in [0.3, 0.4) is 0 Å². The largest absolute Gasteiger partial charge is 0.465 e. The number of rotatable bonds is 5. The first kappa shape index (κ1) is 18.1. The number of pyridine rings is 1. The zero-order valence-corrected chi connectivity index (χ0v) is 15.2. The Morgan fingerprint density at radius 1 is 1.15 bits per heavy atom. The molecule has 1 aromatic carbocycles. The van der Waals surface area contributed by atoms with E-state index in [-0.39, 0.29) is 5.56 Å². The average Bonchev–Trinajstić information content (AvgIpc) is 2.68. The van der Waals surface area contributed by atoms with Gasteiger partial charge in [-0.15, -0.1) is 0 Å². The molecule has 2 aromatic heterocycles. The Labute approximate surface area is 155 Å². The van der Waals surface area contributed by atoms with Crippen molar-refractivity contribution in [2.24, 2.45) is 7.05 Å². The highest BCUT2D eigenvalue weighted by atomic mass is 16.5. The standard InChI is InChI=1S/C19H19N5O3/c1-12-11-20-19(21-14-8-6-13(7-9-14)18(26)27-3)23-16(12)22-15-5-4-10-24(2)17(15)25/h4-11H,1-3H3,(H2,20,21,22,23). The van der Waals surface area contributed by atoms with Crippen molar-refractivity contribution in [3.63, 3.8) is 0 Å². The molecule has 8 heteroatoms. The Hall–Kier alpha value is -3.68. The predicted octanol–water partition coefficient (Wildman–Crippen LogP) is 2.76. The van der Waals surface area contributed by atoms with Gasteiger partial charge in [-0.25, -0.2) is 9.78 Å². The highest BCUT2D eigenvalue weighted by Crippen LogP contribution is 2.19. The average molecular weight is 365 g/mol. The quantitative estimate of drug-likeness (QED) is 0.671. The molecular formula is C19H19N5O3. The van der Waals surface area contributed by atoms with E-state index in [0.717, 1.165) is 5.56 Å². The minimum absolute atomic E-state index is 0.150. The monoisotopic (exact) mass is 365 g/mol.